The van der Waals surface area contributed by atoms with Crippen LogP contribution in [0.15, 0.2) is 42.6 Å². The number of ether oxygens (including phenoxy) is 1. The van der Waals surface area contributed by atoms with E-state index < -0.39 is 0 Å². The van der Waals surface area contributed by atoms with E-state index in [4.69, 9.17) is 9.84 Å². The number of methoxy groups -OCH3 is 1. The van der Waals surface area contributed by atoms with Gasteiger partial charge in [-0.2, -0.15) is 0 Å². The third-order valence-electron chi connectivity index (χ3n) is 6.44. The Hall–Kier alpha value is -3.29. The molecule has 162 valence electrons. The maximum atomic E-state index is 12.8. The Kier molecular flexibility index (Phi) is 5.13. The molecule has 2 aliphatic heterocycles. The molecule has 1 atom stereocenters. The molecule has 2 amide bonds. The number of hydrogen-bond acceptors (Lipinski definition) is 5. The largest absolute Gasteiger partial charge is 0.496 e. The van der Waals surface area contributed by atoms with E-state index in [2.05, 4.69) is 9.88 Å². The molecule has 0 N–H and O–H groups in total. The standard InChI is InChI=1S/C23H28N6O2/c1-26(23(30)27-12-5-6-13-27)17-11-14-28(16-17)22-10-9-21-24-15-19(29(21)25-22)18-7-3-4-8-20(18)31-2/h3-4,7-10,15,17H,5-6,11-14,16H2,1-2H3. The monoisotopic (exact) mass is 420 g/mol. The fraction of sp³-hybridized carbons (Fsp3) is 0.435. The van der Waals surface area contributed by atoms with Gasteiger partial charge in [0.1, 0.15) is 11.6 Å². The van der Waals surface area contributed by atoms with Crippen molar-refractivity contribution in [3.05, 3.63) is 42.6 Å². The van der Waals surface area contributed by atoms with Crippen LogP contribution >= 0.6 is 0 Å². The number of likely N-dealkylation sites (tertiary alicyclic amines) is 1. The molecule has 0 bridgehead atoms. The van der Waals surface area contributed by atoms with E-state index in [1.165, 1.54) is 0 Å². The van der Waals surface area contributed by atoms with Crippen LogP contribution < -0.4 is 9.64 Å². The molecule has 2 aliphatic rings. The van der Waals surface area contributed by atoms with Crippen LogP contribution in [0, 0.1) is 0 Å². The van der Waals surface area contributed by atoms with E-state index in [1.807, 2.05) is 64.0 Å². The summed E-state index contributed by atoms with van der Waals surface area (Å²) in [6.45, 7) is 3.42. The number of hydrogen-bond donors (Lipinski definition) is 0. The number of anilines is 1. The number of para-hydroxylation sites is 1. The van der Waals surface area contributed by atoms with E-state index >= 15 is 0 Å². The maximum Gasteiger partial charge on any atom is 0.320 e. The van der Waals surface area contributed by atoms with Gasteiger partial charge in [-0.25, -0.2) is 14.3 Å². The first kappa shape index (κ1) is 19.7. The zero-order valence-corrected chi connectivity index (χ0v) is 18.1. The number of benzene rings is 1. The van der Waals surface area contributed by atoms with Crippen molar-refractivity contribution in [1.29, 1.82) is 0 Å². The average Bonchev–Trinajstić information content (AvgIpc) is 3.58. The first-order valence-corrected chi connectivity index (χ1v) is 10.9. The van der Waals surface area contributed by atoms with Gasteiger partial charge in [-0.1, -0.05) is 12.1 Å². The summed E-state index contributed by atoms with van der Waals surface area (Å²) in [5, 5.41) is 4.90. The van der Waals surface area contributed by atoms with Gasteiger partial charge in [0.25, 0.3) is 0 Å². The zero-order chi connectivity index (χ0) is 21.4. The highest BCUT2D eigenvalue weighted by atomic mass is 16.5. The van der Waals surface area contributed by atoms with Crippen LogP contribution in [0.2, 0.25) is 0 Å². The molecule has 31 heavy (non-hydrogen) atoms. The molecular formula is C23H28N6O2. The normalized spacial score (nSPS) is 18.7. The van der Waals surface area contributed by atoms with Crippen LogP contribution in [0.4, 0.5) is 10.6 Å². The van der Waals surface area contributed by atoms with Gasteiger partial charge in [0, 0.05) is 38.8 Å². The van der Waals surface area contributed by atoms with Crippen molar-refractivity contribution in [2.45, 2.75) is 25.3 Å². The van der Waals surface area contributed by atoms with Crippen molar-refractivity contribution in [1.82, 2.24) is 24.4 Å². The van der Waals surface area contributed by atoms with Crippen molar-refractivity contribution in [2.75, 3.05) is 45.2 Å². The first-order chi connectivity index (χ1) is 15.2. The number of carbonyl (C=O) groups is 1. The summed E-state index contributed by atoms with van der Waals surface area (Å²) in [7, 11) is 3.60. The molecule has 5 rings (SSSR count). The average molecular weight is 421 g/mol. The van der Waals surface area contributed by atoms with Crippen molar-refractivity contribution in [3.8, 4) is 17.0 Å². The molecule has 2 aromatic heterocycles. The van der Waals surface area contributed by atoms with Gasteiger partial charge in [0.2, 0.25) is 0 Å². The third-order valence-corrected chi connectivity index (χ3v) is 6.44. The lowest BCUT2D eigenvalue weighted by atomic mass is 10.1. The fourth-order valence-electron chi connectivity index (χ4n) is 4.63. The molecule has 1 aromatic carbocycles. The Bertz CT molecular complexity index is 1090. The second-order valence-corrected chi connectivity index (χ2v) is 8.28. The highest BCUT2D eigenvalue weighted by Crippen LogP contribution is 2.30. The Labute approximate surface area is 182 Å². The SMILES string of the molecule is COc1ccccc1-c1cnc2ccc(N3CCC(N(C)C(=O)N4CCCC4)C3)nn12. The molecule has 2 fully saturated rings. The Morgan fingerprint density at radius 1 is 1.13 bits per heavy atom. The van der Waals surface area contributed by atoms with Gasteiger partial charge < -0.3 is 19.4 Å². The van der Waals surface area contributed by atoms with Gasteiger partial charge in [-0.15, -0.1) is 5.10 Å². The minimum Gasteiger partial charge on any atom is -0.496 e. The van der Waals surface area contributed by atoms with Crippen molar-refractivity contribution in [3.63, 3.8) is 0 Å². The second kappa shape index (κ2) is 8.09. The number of aromatic nitrogens is 3. The molecule has 3 aromatic rings. The maximum absolute atomic E-state index is 12.8. The molecule has 4 heterocycles. The van der Waals surface area contributed by atoms with Crippen molar-refractivity contribution in [2.24, 2.45) is 0 Å². The number of imidazole rings is 1. The van der Waals surface area contributed by atoms with Crippen molar-refractivity contribution < 1.29 is 9.53 Å². The molecule has 0 radical (unpaired) electrons. The van der Waals surface area contributed by atoms with Gasteiger partial charge in [0.05, 0.1) is 25.0 Å². The van der Waals surface area contributed by atoms with E-state index in [0.29, 0.717) is 0 Å². The van der Waals surface area contributed by atoms with Crippen LogP contribution in [0.3, 0.4) is 0 Å². The number of amides is 2. The smallest absolute Gasteiger partial charge is 0.320 e. The van der Waals surface area contributed by atoms with Crippen LogP contribution in [0.25, 0.3) is 16.9 Å². The number of urea groups is 1. The number of rotatable bonds is 4. The third kappa shape index (κ3) is 3.56. The molecule has 0 saturated carbocycles. The van der Waals surface area contributed by atoms with Crippen LogP contribution in [0.5, 0.6) is 5.75 Å². The molecular weight excluding hydrogens is 392 g/mol. The van der Waals surface area contributed by atoms with E-state index in [1.54, 1.807) is 7.11 Å². The number of fused-ring (bicyclic) bond motifs is 1. The minimum atomic E-state index is 0.154. The summed E-state index contributed by atoms with van der Waals surface area (Å²) in [4.78, 5) is 23.4. The predicted molar refractivity (Wildman–Crippen MR) is 120 cm³/mol. The summed E-state index contributed by atoms with van der Waals surface area (Å²) in [5.74, 6) is 1.69. The highest BCUT2D eigenvalue weighted by Gasteiger charge is 2.32. The predicted octanol–water partition coefficient (Wildman–Crippen LogP) is 3.13. The summed E-state index contributed by atoms with van der Waals surface area (Å²) < 4.78 is 7.41. The lowest BCUT2D eigenvalue weighted by Crippen LogP contribution is -2.46. The number of nitrogens with zero attached hydrogens (tertiary/aromatic N) is 6. The summed E-state index contributed by atoms with van der Waals surface area (Å²) in [6.07, 6.45) is 5.00. The van der Waals surface area contributed by atoms with Gasteiger partial charge >= 0.3 is 6.03 Å². The summed E-state index contributed by atoms with van der Waals surface area (Å²) >= 11 is 0. The van der Waals surface area contributed by atoms with E-state index in [0.717, 1.165) is 73.9 Å². The van der Waals surface area contributed by atoms with Gasteiger partial charge in [-0.3, -0.25) is 0 Å². The highest BCUT2D eigenvalue weighted by molar-refractivity contribution is 5.75. The van der Waals surface area contributed by atoms with E-state index in [9.17, 15) is 4.79 Å². The summed E-state index contributed by atoms with van der Waals surface area (Å²) in [5.41, 5.74) is 2.64. The van der Waals surface area contributed by atoms with E-state index in [-0.39, 0.29) is 12.1 Å². The first-order valence-electron chi connectivity index (χ1n) is 10.9. The Balaban J connectivity index is 1.38. The Morgan fingerprint density at radius 3 is 2.74 bits per heavy atom. The van der Waals surface area contributed by atoms with Crippen molar-refractivity contribution >= 4 is 17.5 Å². The fourth-order valence-corrected chi connectivity index (χ4v) is 4.63. The van der Waals surface area contributed by atoms with Crippen LogP contribution in [0.1, 0.15) is 19.3 Å². The lowest BCUT2D eigenvalue weighted by molar-refractivity contribution is 0.159. The van der Waals surface area contributed by atoms with Crippen LogP contribution in [-0.4, -0.2) is 76.8 Å². The number of carbonyl (C=O) groups excluding carboxylic acids is 1. The van der Waals surface area contributed by atoms with Crippen LogP contribution in [-0.2, 0) is 0 Å². The molecule has 2 saturated heterocycles. The molecule has 0 spiro atoms. The molecule has 1 unspecified atom stereocenters. The summed E-state index contributed by atoms with van der Waals surface area (Å²) in [6, 6.07) is 12.3. The van der Waals surface area contributed by atoms with Gasteiger partial charge in [0.15, 0.2) is 5.65 Å². The Morgan fingerprint density at radius 2 is 1.94 bits per heavy atom. The molecule has 8 heteroatoms. The second-order valence-electron chi connectivity index (χ2n) is 8.28. The minimum absolute atomic E-state index is 0.154. The van der Waals surface area contributed by atoms with Gasteiger partial charge in [-0.05, 0) is 43.5 Å². The number of likely N-dealkylation sites (N-methyl/N-ethyl adjacent to an activating group) is 1. The molecule has 8 nitrogen and oxygen atoms in total. The lowest BCUT2D eigenvalue weighted by Gasteiger charge is -2.29. The topological polar surface area (TPSA) is 66.2 Å². The molecule has 0 aliphatic carbocycles. The quantitative estimate of drug-likeness (QED) is 0.649. The zero-order valence-electron chi connectivity index (χ0n) is 18.1.